The van der Waals surface area contributed by atoms with E-state index in [4.69, 9.17) is 4.98 Å². The topological polar surface area (TPSA) is 32.3 Å². The second kappa shape index (κ2) is 5.08. The van der Waals surface area contributed by atoms with Gasteiger partial charge in [0.15, 0.2) is 0 Å². The summed E-state index contributed by atoms with van der Waals surface area (Å²) < 4.78 is 0. The number of hydrogen-bond donors (Lipinski definition) is 0. The van der Waals surface area contributed by atoms with Gasteiger partial charge in [0.05, 0.1) is 0 Å². The van der Waals surface area contributed by atoms with Crippen LogP contribution in [0.2, 0.25) is 0 Å². The predicted molar refractivity (Wildman–Crippen MR) is 77.7 cm³/mol. The predicted octanol–water partition coefficient (Wildman–Crippen LogP) is 2.19. The SMILES string of the molecule is Cc1cc(C2CCC2)nc(N2CCC(N(C)C)C2)n1. The first-order valence-corrected chi connectivity index (χ1v) is 7.40. The second-order valence-corrected chi connectivity index (χ2v) is 6.21. The molecule has 1 aromatic rings. The van der Waals surface area contributed by atoms with Crippen molar-refractivity contribution in [3.63, 3.8) is 0 Å². The van der Waals surface area contributed by atoms with Gasteiger partial charge < -0.3 is 9.80 Å². The van der Waals surface area contributed by atoms with Crippen molar-refractivity contribution in [2.45, 2.75) is 44.6 Å². The van der Waals surface area contributed by atoms with Gasteiger partial charge in [0.1, 0.15) is 0 Å². The zero-order valence-corrected chi connectivity index (χ0v) is 12.3. The molecule has 0 radical (unpaired) electrons. The third kappa shape index (κ3) is 2.59. The van der Waals surface area contributed by atoms with Crippen LogP contribution in [0.1, 0.15) is 43.0 Å². The molecule has 1 aliphatic carbocycles. The molecule has 1 saturated carbocycles. The Morgan fingerprint density at radius 3 is 2.58 bits per heavy atom. The summed E-state index contributed by atoms with van der Waals surface area (Å²) >= 11 is 0. The van der Waals surface area contributed by atoms with Crippen LogP contribution in [0.5, 0.6) is 0 Å². The number of nitrogens with zero attached hydrogens (tertiary/aromatic N) is 4. The summed E-state index contributed by atoms with van der Waals surface area (Å²) in [7, 11) is 4.32. The van der Waals surface area contributed by atoms with Crippen molar-refractivity contribution in [2.24, 2.45) is 0 Å². The first-order chi connectivity index (χ1) is 9.13. The second-order valence-electron chi connectivity index (χ2n) is 6.21. The van der Waals surface area contributed by atoms with E-state index in [1.54, 1.807) is 0 Å². The monoisotopic (exact) mass is 260 g/mol. The maximum atomic E-state index is 4.83. The molecule has 0 spiro atoms. The Kier molecular flexibility index (Phi) is 3.44. The van der Waals surface area contributed by atoms with E-state index < -0.39 is 0 Å². The number of aromatic nitrogens is 2. The third-order valence-electron chi connectivity index (χ3n) is 4.56. The summed E-state index contributed by atoms with van der Waals surface area (Å²) in [5.41, 5.74) is 2.38. The van der Waals surface area contributed by atoms with Gasteiger partial charge >= 0.3 is 0 Å². The summed E-state index contributed by atoms with van der Waals surface area (Å²) in [5.74, 6) is 1.64. The van der Waals surface area contributed by atoms with E-state index in [0.717, 1.165) is 24.7 Å². The van der Waals surface area contributed by atoms with E-state index in [1.807, 2.05) is 0 Å². The molecule has 1 saturated heterocycles. The summed E-state index contributed by atoms with van der Waals surface area (Å²) in [6.45, 7) is 4.23. The van der Waals surface area contributed by atoms with Crippen molar-refractivity contribution in [3.8, 4) is 0 Å². The smallest absolute Gasteiger partial charge is 0.225 e. The van der Waals surface area contributed by atoms with Crippen molar-refractivity contribution >= 4 is 5.95 Å². The maximum Gasteiger partial charge on any atom is 0.225 e. The molecule has 4 heteroatoms. The summed E-state index contributed by atoms with van der Waals surface area (Å²) in [4.78, 5) is 14.1. The van der Waals surface area contributed by atoms with E-state index in [-0.39, 0.29) is 0 Å². The average Bonchev–Trinajstić information content (AvgIpc) is 2.74. The van der Waals surface area contributed by atoms with Gasteiger partial charge in [-0.3, -0.25) is 0 Å². The zero-order valence-electron chi connectivity index (χ0n) is 12.3. The summed E-state index contributed by atoms with van der Waals surface area (Å²) in [5, 5.41) is 0. The highest BCUT2D eigenvalue weighted by molar-refractivity contribution is 5.35. The van der Waals surface area contributed by atoms with Crippen LogP contribution in [-0.4, -0.2) is 48.1 Å². The molecule has 1 aromatic heterocycles. The Balaban J connectivity index is 1.79. The van der Waals surface area contributed by atoms with Gasteiger partial charge in [0.2, 0.25) is 5.95 Å². The van der Waals surface area contributed by atoms with E-state index in [2.05, 4.69) is 41.9 Å². The van der Waals surface area contributed by atoms with Crippen LogP contribution >= 0.6 is 0 Å². The van der Waals surface area contributed by atoms with Crippen LogP contribution in [-0.2, 0) is 0 Å². The van der Waals surface area contributed by atoms with E-state index in [9.17, 15) is 0 Å². The van der Waals surface area contributed by atoms with Crippen LogP contribution < -0.4 is 4.90 Å². The Hall–Kier alpha value is -1.16. The quantitative estimate of drug-likeness (QED) is 0.834. The van der Waals surface area contributed by atoms with E-state index in [1.165, 1.54) is 31.4 Å². The minimum absolute atomic E-state index is 0.635. The molecule has 1 atom stereocenters. The molecule has 3 rings (SSSR count). The normalized spacial score (nSPS) is 24.0. The molecule has 2 aliphatic rings. The third-order valence-corrected chi connectivity index (χ3v) is 4.56. The molecule has 2 heterocycles. The van der Waals surface area contributed by atoms with Gasteiger partial charge in [-0.1, -0.05) is 6.42 Å². The van der Waals surface area contributed by atoms with Crippen molar-refractivity contribution in [1.29, 1.82) is 0 Å². The van der Waals surface area contributed by atoms with Gasteiger partial charge in [0, 0.05) is 36.4 Å². The molecule has 1 aliphatic heterocycles. The summed E-state index contributed by atoms with van der Waals surface area (Å²) in [6.07, 6.45) is 5.17. The van der Waals surface area contributed by atoms with Crippen LogP contribution in [0, 0.1) is 6.92 Å². The molecule has 1 unspecified atom stereocenters. The lowest BCUT2D eigenvalue weighted by atomic mass is 9.83. The molecule has 0 amide bonds. The Morgan fingerprint density at radius 2 is 2.00 bits per heavy atom. The highest BCUT2D eigenvalue weighted by Gasteiger charge is 2.27. The standard InChI is InChI=1S/C15H24N4/c1-11-9-14(12-5-4-6-12)17-15(16-11)19-8-7-13(10-19)18(2)3/h9,12-13H,4-8,10H2,1-3H3. The number of likely N-dealkylation sites (N-methyl/N-ethyl adjacent to an activating group) is 1. The molecule has 2 fully saturated rings. The maximum absolute atomic E-state index is 4.83. The van der Waals surface area contributed by atoms with Crippen LogP contribution in [0.3, 0.4) is 0 Å². The first-order valence-electron chi connectivity index (χ1n) is 7.40. The van der Waals surface area contributed by atoms with Crippen molar-refractivity contribution in [1.82, 2.24) is 14.9 Å². The molecule has 0 N–H and O–H groups in total. The molecule has 0 aromatic carbocycles. The molecule has 104 valence electrons. The Labute approximate surface area is 115 Å². The lowest BCUT2D eigenvalue weighted by Gasteiger charge is -2.26. The van der Waals surface area contributed by atoms with Crippen molar-refractivity contribution in [2.75, 3.05) is 32.1 Å². The fourth-order valence-electron chi connectivity index (χ4n) is 2.98. The van der Waals surface area contributed by atoms with Crippen LogP contribution in [0.4, 0.5) is 5.95 Å². The molecule has 0 bridgehead atoms. The number of aryl methyl sites for hydroxylation is 1. The minimum atomic E-state index is 0.635. The van der Waals surface area contributed by atoms with Gasteiger partial charge in [-0.2, -0.15) is 0 Å². The van der Waals surface area contributed by atoms with Gasteiger partial charge in [-0.05, 0) is 46.3 Å². The lowest BCUT2D eigenvalue weighted by Crippen LogP contribution is -2.32. The fourth-order valence-corrected chi connectivity index (χ4v) is 2.98. The fraction of sp³-hybridized carbons (Fsp3) is 0.733. The average molecular weight is 260 g/mol. The lowest BCUT2D eigenvalue weighted by molar-refractivity contribution is 0.315. The minimum Gasteiger partial charge on any atom is -0.339 e. The number of rotatable bonds is 3. The van der Waals surface area contributed by atoms with Gasteiger partial charge in [-0.25, -0.2) is 9.97 Å². The molecule has 4 nitrogen and oxygen atoms in total. The van der Waals surface area contributed by atoms with Crippen LogP contribution in [0.15, 0.2) is 6.07 Å². The van der Waals surface area contributed by atoms with E-state index >= 15 is 0 Å². The van der Waals surface area contributed by atoms with Crippen molar-refractivity contribution < 1.29 is 0 Å². The summed E-state index contributed by atoms with van der Waals surface area (Å²) in [6, 6.07) is 2.81. The largest absolute Gasteiger partial charge is 0.339 e. The van der Waals surface area contributed by atoms with Crippen LogP contribution in [0.25, 0.3) is 0 Å². The number of hydrogen-bond acceptors (Lipinski definition) is 4. The molecular formula is C15H24N4. The first kappa shape index (κ1) is 12.9. The number of anilines is 1. The Bertz CT molecular complexity index is 453. The molecule has 19 heavy (non-hydrogen) atoms. The highest BCUT2D eigenvalue weighted by Crippen LogP contribution is 2.36. The van der Waals surface area contributed by atoms with Gasteiger partial charge in [-0.15, -0.1) is 0 Å². The Morgan fingerprint density at radius 1 is 1.21 bits per heavy atom. The van der Waals surface area contributed by atoms with Gasteiger partial charge in [0.25, 0.3) is 0 Å². The highest BCUT2D eigenvalue weighted by atomic mass is 15.3. The van der Waals surface area contributed by atoms with E-state index in [0.29, 0.717) is 12.0 Å². The molecular weight excluding hydrogens is 236 g/mol. The van der Waals surface area contributed by atoms with Crippen molar-refractivity contribution in [3.05, 3.63) is 17.5 Å². The zero-order chi connectivity index (χ0) is 13.4.